The minimum atomic E-state index is -6.20. The summed E-state index contributed by atoms with van der Waals surface area (Å²) < 4.78 is 91.5. The summed E-state index contributed by atoms with van der Waals surface area (Å²) in [6.07, 6.45) is -3.48. The molecule has 1 fully saturated rings. The zero-order chi connectivity index (χ0) is 19.6. The number of rotatable bonds is 6. The van der Waals surface area contributed by atoms with Crippen LogP contribution < -0.4 is 5.32 Å². The highest BCUT2D eigenvalue weighted by molar-refractivity contribution is 7.87. The van der Waals surface area contributed by atoms with Crippen LogP contribution in [0.25, 0.3) is 0 Å². The van der Waals surface area contributed by atoms with E-state index >= 15 is 0 Å². The molecule has 5 nitrogen and oxygen atoms in total. The van der Waals surface area contributed by atoms with E-state index in [0.717, 1.165) is 0 Å². The first-order valence-corrected chi connectivity index (χ1v) is 9.04. The largest absolute Gasteiger partial charge is 0.523 e. The first-order chi connectivity index (χ1) is 11.9. The zero-order valence-corrected chi connectivity index (χ0v) is 14.1. The minimum Gasteiger partial charge on any atom is -0.304 e. The van der Waals surface area contributed by atoms with E-state index in [2.05, 4.69) is 9.50 Å². The molecule has 1 aromatic rings. The Hall–Kier alpha value is -1.59. The predicted molar refractivity (Wildman–Crippen MR) is 81.2 cm³/mol. The highest BCUT2D eigenvalue weighted by Crippen LogP contribution is 2.38. The van der Waals surface area contributed by atoms with Crippen LogP contribution in [0.15, 0.2) is 30.3 Å². The number of benzene rings is 1. The molecule has 1 aliphatic rings. The molecule has 0 saturated heterocycles. The van der Waals surface area contributed by atoms with Crippen LogP contribution in [0.1, 0.15) is 29.6 Å². The van der Waals surface area contributed by atoms with Crippen molar-refractivity contribution in [1.29, 1.82) is 0 Å². The Labute approximate surface area is 146 Å². The molecule has 0 amide bonds. The molecule has 0 radical (unpaired) electrons. The van der Waals surface area contributed by atoms with Crippen molar-refractivity contribution in [2.75, 3.05) is 6.54 Å². The molecule has 1 aliphatic carbocycles. The lowest BCUT2D eigenvalue weighted by Gasteiger charge is -2.37. The summed E-state index contributed by atoms with van der Waals surface area (Å²) in [5.41, 5.74) is -5.53. The Morgan fingerprint density at radius 1 is 1.23 bits per heavy atom. The van der Waals surface area contributed by atoms with Crippen molar-refractivity contribution >= 4 is 15.9 Å². The third kappa shape index (κ3) is 4.77. The standard InChI is InChI=1S/C15H16F5NO4S/c16-14(17)8-4-7-11(13(14)25-26(23,24)15(18,19)20)21-9-12(22)10-5-2-1-3-6-10/h1-3,5-6,11,13,21H,4,7-9H2/t11-,13+/m0/s1. The lowest BCUT2D eigenvalue weighted by atomic mass is 9.89. The molecule has 0 aromatic heterocycles. The van der Waals surface area contributed by atoms with Crippen LogP contribution in [0.4, 0.5) is 22.0 Å². The molecular weight excluding hydrogens is 385 g/mol. The minimum absolute atomic E-state index is 0.0594. The number of ketones is 1. The van der Waals surface area contributed by atoms with Crippen LogP contribution >= 0.6 is 0 Å². The lowest BCUT2D eigenvalue weighted by Crippen LogP contribution is -2.56. The monoisotopic (exact) mass is 401 g/mol. The van der Waals surface area contributed by atoms with Crippen molar-refractivity contribution in [2.45, 2.75) is 42.8 Å². The van der Waals surface area contributed by atoms with Crippen LogP contribution in [0, 0.1) is 0 Å². The van der Waals surface area contributed by atoms with Gasteiger partial charge < -0.3 is 5.32 Å². The van der Waals surface area contributed by atoms with Gasteiger partial charge in [0.15, 0.2) is 11.9 Å². The topological polar surface area (TPSA) is 72.5 Å². The molecule has 2 rings (SSSR count). The molecule has 0 heterocycles. The molecule has 26 heavy (non-hydrogen) atoms. The number of hydrogen-bond donors (Lipinski definition) is 1. The molecule has 1 N–H and O–H groups in total. The second-order valence-electron chi connectivity index (χ2n) is 5.85. The van der Waals surface area contributed by atoms with Crippen molar-refractivity contribution < 1.29 is 39.3 Å². The highest BCUT2D eigenvalue weighted by Gasteiger charge is 2.56. The van der Waals surface area contributed by atoms with E-state index in [4.69, 9.17) is 0 Å². The van der Waals surface area contributed by atoms with Gasteiger partial charge in [0.1, 0.15) is 0 Å². The van der Waals surface area contributed by atoms with Crippen LogP contribution in [0.2, 0.25) is 0 Å². The summed E-state index contributed by atoms with van der Waals surface area (Å²) in [5, 5.41) is 2.41. The molecular formula is C15H16F5NO4S. The summed E-state index contributed by atoms with van der Waals surface area (Å²) in [6, 6.07) is 6.39. The predicted octanol–water partition coefficient (Wildman–Crippen LogP) is 2.88. The molecule has 0 unspecified atom stereocenters. The second kappa shape index (κ2) is 7.57. The molecule has 146 valence electrons. The molecule has 0 aliphatic heterocycles. The number of carbonyl (C=O) groups excluding carboxylic acids is 1. The Morgan fingerprint density at radius 3 is 2.42 bits per heavy atom. The summed E-state index contributed by atoms with van der Waals surface area (Å²) in [6.45, 7) is -0.448. The molecule has 1 aromatic carbocycles. The first kappa shape index (κ1) is 20.7. The van der Waals surface area contributed by atoms with Gasteiger partial charge in [-0.25, -0.2) is 8.78 Å². The van der Waals surface area contributed by atoms with Gasteiger partial charge in [-0.15, -0.1) is 0 Å². The maximum absolute atomic E-state index is 14.0. The Kier molecular flexibility index (Phi) is 6.03. The lowest BCUT2D eigenvalue weighted by molar-refractivity contribution is -0.138. The van der Waals surface area contributed by atoms with Gasteiger partial charge in [-0.05, 0) is 12.8 Å². The van der Waals surface area contributed by atoms with Crippen molar-refractivity contribution in [3.8, 4) is 0 Å². The van der Waals surface area contributed by atoms with E-state index in [1.165, 1.54) is 12.1 Å². The number of halogens is 5. The second-order valence-corrected chi connectivity index (χ2v) is 7.41. The van der Waals surface area contributed by atoms with Gasteiger partial charge in [0.05, 0.1) is 6.54 Å². The van der Waals surface area contributed by atoms with Gasteiger partial charge in [0.25, 0.3) is 5.92 Å². The number of hydrogen-bond acceptors (Lipinski definition) is 5. The SMILES string of the molecule is O=C(CN[C@H]1CCCC(F)(F)[C@@H]1OS(=O)(=O)C(F)(F)F)c1ccccc1. The van der Waals surface area contributed by atoms with Gasteiger partial charge in [0, 0.05) is 18.0 Å². The van der Waals surface area contributed by atoms with Gasteiger partial charge in [-0.2, -0.15) is 21.6 Å². The molecule has 0 spiro atoms. The van der Waals surface area contributed by atoms with E-state index in [0.29, 0.717) is 0 Å². The highest BCUT2D eigenvalue weighted by atomic mass is 32.2. The zero-order valence-electron chi connectivity index (χ0n) is 13.3. The van der Waals surface area contributed by atoms with E-state index in [9.17, 15) is 35.2 Å². The third-order valence-corrected chi connectivity index (χ3v) is 4.97. The van der Waals surface area contributed by atoms with Crippen LogP contribution in [0.5, 0.6) is 0 Å². The van der Waals surface area contributed by atoms with Gasteiger partial charge in [-0.3, -0.25) is 8.98 Å². The fraction of sp³-hybridized carbons (Fsp3) is 0.533. The van der Waals surface area contributed by atoms with Crippen molar-refractivity contribution in [2.24, 2.45) is 0 Å². The Bertz CT molecular complexity index is 736. The van der Waals surface area contributed by atoms with E-state index in [1.54, 1.807) is 18.2 Å². The normalized spacial score (nSPS) is 23.6. The van der Waals surface area contributed by atoms with Crippen LogP contribution in [-0.4, -0.2) is 44.3 Å². The van der Waals surface area contributed by atoms with E-state index < -0.39 is 52.4 Å². The van der Waals surface area contributed by atoms with Crippen LogP contribution in [0.3, 0.4) is 0 Å². The maximum Gasteiger partial charge on any atom is 0.523 e. The maximum atomic E-state index is 14.0. The van der Waals surface area contributed by atoms with Crippen molar-refractivity contribution in [1.82, 2.24) is 5.32 Å². The first-order valence-electron chi connectivity index (χ1n) is 7.63. The number of carbonyl (C=O) groups is 1. The molecule has 1 saturated carbocycles. The number of nitrogens with one attached hydrogen (secondary N) is 1. The third-order valence-electron chi connectivity index (χ3n) is 3.94. The fourth-order valence-corrected chi connectivity index (χ4v) is 3.29. The average molecular weight is 401 g/mol. The Balaban J connectivity index is 2.13. The van der Waals surface area contributed by atoms with Crippen molar-refractivity contribution in [3.05, 3.63) is 35.9 Å². The summed E-state index contributed by atoms with van der Waals surface area (Å²) in [7, 11) is -6.20. The van der Waals surface area contributed by atoms with Crippen molar-refractivity contribution in [3.63, 3.8) is 0 Å². The smallest absolute Gasteiger partial charge is 0.304 e. The van der Waals surface area contributed by atoms with Crippen LogP contribution in [-0.2, 0) is 14.3 Å². The Morgan fingerprint density at radius 2 is 1.85 bits per heavy atom. The fourth-order valence-electron chi connectivity index (χ4n) is 2.63. The average Bonchev–Trinajstić information content (AvgIpc) is 2.54. The van der Waals surface area contributed by atoms with Gasteiger partial charge in [0.2, 0.25) is 0 Å². The number of Topliss-reactive ketones (excluding diaryl/α,β-unsaturated/α-hetero) is 1. The summed E-state index contributed by atoms with van der Waals surface area (Å²) in [4.78, 5) is 12.0. The van der Waals surface area contributed by atoms with E-state index in [1.807, 2.05) is 0 Å². The van der Waals surface area contributed by atoms with Gasteiger partial charge in [-0.1, -0.05) is 30.3 Å². The summed E-state index contributed by atoms with van der Waals surface area (Å²) in [5.74, 6) is -4.26. The molecule has 2 atom stereocenters. The van der Waals surface area contributed by atoms with Gasteiger partial charge >= 0.3 is 15.6 Å². The molecule has 11 heteroatoms. The summed E-state index contributed by atoms with van der Waals surface area (Å²) >= 11 is 0. The molecule has 0 bridgehead atoms. The number of alkyl halides is 5. The van der Waals surface area contributed by atoms with E-state index in [-0.39, 0.29) is 18.4 Å². The quantitative estimate of drug-likeness (QED) is 0.344.